The molecule has 0 bridgehead atoms. The van der Waals surface area contributed by atoms with Crippen LogP contribution in [-0.4, -0.2) is 37.0 Å². The Morgan fingerprint density at radius 1 is 0.950 bits per heavy atom. The van der Waals surface area contributed by atoms with Crippen LogP contribution >= 0.6 is 11.8 Å². The molecule has 5 nitrogen and oxygen atoms in total. The maximum Gasteiger partial charge on any atom is 0.328 e. The molecule has 210 valence electrons. The number of methoxy groups -OCH3 is 1. The second kappa shape index (κ2) is 16.4. The summed E-state index contributed by atoms with van der Waals surface area (Å²) in [7, 11) is 1.35. The number of carbonyl (C=O) groups is 2. The Bertz CT molecular complexity index is 1290. The number of allylic oxidation sites excluding steroid dienone is 4. The number of hydrogen-bond acceptors (Lipinski definition) is 5. The minimum absolute atomic E-state index is 0.276. The third-order valence-corrected chi connectivity index (χ3v) is 7.30. The summed E-state index contributed by atoms with van der Waals surface area (Å²) in [5, 5.41) is 2.93. The Labute approximate surface area is 243 Å². The Morgan fingerprint density at radius 3 is 2.25 bits per heavy atom. The number of thioether (sulfide) groups is 1. The molecule has 1 N–H and O–H groups in total. The van der Waals surface area contributed by atoms with Gasteiger partial charge in [0.15, 0.2) is 0 Å². The van der Waals surface area contributed by atoms with Gasteiger partial charge in [-0.3, -0.25) is 4.79 Å². The van der Waals surface area contributed by atoms with Gasteiger partial charge in [0.2, 0.25) is 0 Å². The molecule has 0 fully saturated rings. The normalized spacial score (nSPS) is 12.2. The molecule has 3 aromatic carbocycles. The van der Waals surface area contributed by atoms with Crippen molar-refractivity contribution in [1.82, 2.24) is 5.32 Å². The monoisotopic (exact) mass is 556 g/mol. The third kappa shape index (κ3) is 8.88. The molecule has 0 aliphatic rings. The maximum atomic E-state index is 13.6. The number of ether oxygens (including phenoxy) is 1. The molecule has 0 saturated carbocycles. The van der Waals surface area contributed by atoms with Gasteiger partial charge in [0.05, 0.1) is 7.11 Å². The standard InChI is InChI=1S/C34H40N2O3S/c1-5-7-16-28(6-2)31-23-27(19-20-30(31)33(37)35-32(21-22-40-4)34(38)39-3)25-36(29-17-12-9-13-18-29)24-26-14-10-8-11-15-26/h5,7-20,23,32H,6,21-22,24-25H2,1-4H3,(H,35,37)/b7-5-,28-16+. The van der Waals surface area contributed by atoms with Crippen LogP contribution < -0.4 is 10.2 Å². The summed E-state index contributed by atoms with van der Waals surface area (Å²) >= 11 is 1.63. The minimum Gasteiger partial charge on any atom is -0.467 e. The molecule has 40 heavy (non-hydrogen) atoms. The van der Waals surface area contributed by atoms with E-state index in [9.17, 15) is 9.59 Å². The molecule has 0 saturated heterocycles. The molecule has 1 amide bonds. The summed E-state index contributed by atoms with van der Waals surface area (Å²) in [5.74, 6) is 0.0338. The van der Waals surface area contributed by atoms with E-state index in [0.29, 0.717) is 18.5 Å². The predicted octanol–water partition coefficient (Wildman–Crippen LogP) is 7.29. The molecule has 0 aliphatic carbocycles. The number of amides is 1. The van der Waals surface area contributed by atoms with Crippen LogP contribution in [0, 0.1) is 0 Å². The van der Waals surface area contributed by atoms with Crippen LogP contribution in [-0.2, 0) is 22.6 Å². The predicted molar refractivity (Wildman–Crippen MR) is 169 cm³/mol. The summed E-state index contributed by atoms with van der Waals surface area (Å²) in [6.45, 7) is 5.49. The highest BCUT2D eigenvalue weighted by Gasteiger charge is 2.24. The molecule has 0 aliphatic heterocycles. The number of carbonyl (C=O) groups excluding carboxylic acids is 2. The maximum absolute atomic E-state index is 13.6. The van der Waals surface area contributed by atoms with Gasteiger partial charge < -0.3 is 15.0 Å². The molecule has 3 aromatic rings. The van der Waals surface area contributed by atoms with Crippen LogP contribution in [0.5, 0.6) is 0 Å². The van der Waals surface area contributed by atoms with Crippen molar-refractivity contribution in [3.8, 4) is 0 Å². The molecule has 0 heterocycles. The number of esters is 1. The van der Waals surface area contributed by atoms with E-state index in [2.05, 4.69) is 77.8 Å². The number of para-hydroxylation sites is 1. The highest BCUT2D eigenvalue weighted by atomic mass is 32.2. The van der Waals surface area contributed by atoms with Crippen molar-refractivity contribution in [3.63, 3.8) is 0 Å². The van der Waals surface area contributed by atoms with Crippen LogP contribution in [0.3, 0.4) is 0 Å². The van der Waals surface area contributed by atoms with Crippen molar-refractivity contribution < 1.29 is 14.3 Å². The number of benzene rings is 3. The zero-order chi connectivity index (χ0) is 28.7. The van der Waals surface area contributed by atoms with Crippen LogP contribution in [0.2, 0.25) is 0 Å². The number of nitrogens with zero attached hydrogens (tertiary/aromatic N) is 1. The lowest BCUT2D eigenvalue weighted by Crippen LogP contribution is -2.42. The van der Waals surface area contributed by atoms with E-state index in [1.807, 2.05) is 49.6 Å². The van der Waals surface area contributed by atoms with E-state index >= 15 is 0 Å². The second-order valence-corrected chi connectivity index (χ2v) is 10.4. The summed E-state index contributed by atoms with van der Waals surface area (Å²) < 4.78 is 4.96. The first-order valence-electron chi connectivity index (χ1n) is 13.7. The van der Waals surface area contributed by atoms with Crippen molar-refractivity contribution >= 4 is 34.9 Å². The summed E-state index contributed by atoms with van der Waals surface area (Å²) in [6, 6.07) is 26.1. The van der Waals surface area contributed by atoms with Gasteiger partial charge in [0.25, 0.3) is 5.91 Å². The summed E-state index contributed by atoms with van der Waals surface area (Å²) in [4.78, 5) is 28.3. The smallest absolute Gasteiger partial charge is 0.328 e. The van der Waals surface area contributed by atoms with Crippen molar-refractivity contribution in [1.29, 1.82) is 0 Å². The van der Waals surface area contributed by atoms with Gasteiger partial charge >= 0.3 is 5.97 Å². The fourth-order valence-corrected chi connectivity index (χ4v) is 5.00. The van der Waals surface area contributed by atoms with Crippen molar-refractivity contribution in [2.45, 2.75) is 45.8 Å². The van der Waals surface area contributed by atoms with Crippen LogP contribution in [0.4, 0.5) is 5.69 Å². The Morgan fingerprint density at radius 2 is 1.62 bits per heavy atom. The fraction of sp³-hybridized carbons (Fsp3) is 0.294. The largest absolute Gasteiger partial charge is 0.467 e. The van der Waals surface area contributed by atoms with Crippen LogP contribution in [0.15, 0.2) is 97.1 Å². The minimum atomic E-state index is -0.693. The number of hydrogen-bond donors (Lipinski definition) is 1. The van der Waals surface area contributed by atoms with Gasteiger partial charge in [-0.15, -0.1) is 0 Å². The van der Waals surface area contributed by atoms with E-state index in [1.165, 1.54) is 12.7 Å². The Balaban J connectivity index is 2.00. The first-order valence-corrected chi connectivity index (χ1v) is 15.1. The summed E-state index contributed by atoms with van der Waals surface area (Å²) in [5.41, 5.74) is 5.93. The molecule has 0 radical (unpaired) electrons. The highest BCUT2D eigenvalue weighted by Crippen LogP contribution is 2.27. The fourth-order valence-electron chi connectivity index (χ4n) is 4.53. The summed E-state index contributed by atoms with van der Waals surface area (Å²) in [6.07, 6.45) is 9.27. The van der Waals surface area contributed by atoms with Crippen molar-refractivity contribution in [2.24, 2.45) is 0 Å². The average Bonchev–Trinajstić information content (AvgIpc) is 3.00. The Hall–Kier alpha value is -3.77. The zero-order valence-corrected chi connectivity index (χ0v) is 24.7. The number of nitrogens with one attached hydrogen (secondary N) is 1. The van der Waals surface area contributed by atoms with Gasteiger partial charge in [-0.2, -0.15) is 11.8 Å². The lowest BCUT2D eigenvalue weighted by atomic mass is 9.94. The molecular weight excluding hydrogens is 516 g/mol. The molecule has 3 rings (SSSR count). The molecular formula is C34H40N2O3S. The average molecular weight is 557 g/mol. The van der Waals surface area contributed by atoms with Gasteiger partial charge in [-0.25, -0.2) is 4.79 Å². The van der Waals surface area contributed by atoms with Crippen molar-refractivity contribution in [2.75, 3.05) is 24.0 Å². The van der Waals surface area contributed by atoms with Crippen LogP contribution in [0.1, 0.15) is 53.7 Å². The van der Waals surface area contributed by atoms with Crippen LogP contribution in [0.25, 0.3) is 5.57 Å². The van der Waals surface area contributed by atoms with Gasteiger partial charge in [0.1, 0.15) is 6.04 Å². The number of anilines is 1. The van der Waals surface area contributed by atoms with E-state index in [-0.39, 0.29) is 5.91 Å². The third-order valence-electron chi connectivity index (χ3n) is 6.66. The SMILES string of the molecule is C/C=C\C=C(/CC)c1cc(CN(Cc2ccccc2)c2ccccc2)ccc1C(=O)NC(CCSC)C(=O)OC. The number of rotatable bonds is 14. The molecule has 0 aromatic heterocycles. The van der Waals surface area contributed by atoms with Gasteiger partial charge in [0, 0.05) is 24.3 Å². The first kappa shape index (κ1) is 30.8. The van der Waals surface area contributed by atoms with Crippen molar-refractivity contribution in [3.05, 3.63) is 119 Å². The highest BCUT2D eigenvalue weighted by molar-refractivity contribution is 7.98. The quantitative estimate of drug-likeness (QED) is 0.167. The Kier molecular flexibility index (Phi) is 12.6. The molecule has 0 spiro atoms. The van der Waals surface area contributed by atoms with E-state index in [0.717, 1.165) is 41.1 Å². The van der Waals surface area contributed by atoms with E-state index < -0.39 is 12.0 Å². The second-order valence-electron chi connectivity index (χ2n) is 9.46. The molecule has 1 atom stereocenters. The lowest BCUT2D eigenvalue weighted by molar-refractivity contribution is -0.142. The van der Waals surface area contributed by atoms with Gasteiger partial charge in [-0.05, 0) is 78.3 Å². The first-order chi connectivity index (χ1) is 19.5. The molecule has 6 heteroatoms. The molecule has 1 unspecified atom stereocenters. The lowest BCUT2D eigenvalue weighted by Gasteiger charge is -2.26. The van der Waals surface area contributed by atoms with E-state index in [4.69, 9.17) is 4.74 Å². The van der Waals surface area contributed by atoms with Gasteiger partial charge in [-0.1, -0.05) is 79.7 Å². The zero-order valence-electron chi connectivity index (χ0n) is 23.9. The van der Waals surface area contributed by atoms with E-state index in [1.54, 1.807) is 11.8 Å². The topological polar surface area (TPSA) is 58.6 Å².